The number of fused-ring (bicyclic) bond motifs is 1. The lowest BCUT2D eigenvalue weighted by Crippen LogP contribution is -2.18. The number of carbonyl (C=O) groups excluding carboxylic acids is 3. The van der Waals surface area contributed by atoms with Crippen LogP contribution in [0.3, 0.4) is 0 Å². The van der Waals surface area contributed by atoms with E-state index in [0.717, 1.165) is 10.4 Å². The Bertz CT molecular complexity index is 576. The Morgan fingerprint density at radius 1 is 1.30 bits per heavy atom. The second-order valence-electron chi connectivity index (χ2n) is 4.96. The van der Waals surface area contributed by atoms with E-state index in [9.17, 15) is 14.4 Å². The highest BCUT2D eigenvalue weighted by Crippen LogP contribution is 2.41. The van der Waals surface area contributed by atoms with Gasteiger partial charge in [-0.15, -0.1) is 11.3 Å². The highest BCUT2D eigenvalue weighted by Gasteiger charge is 2.32. The second-order valence-corrected chi connectivity index (χ2v) is 6.07. The minimum absolute atomic E-state index is 0.0296. The molecule has 0 saturated carbocycles. The van der Waals surface area contributed by atoms with E-state index in [-0.39, 0.29) is 30.0 Å². The molecular formula is C14H17NO4S. The standard InChI is InChI=1S/C14H17NO4S/c1-7(16)9-4-10-11(5-9)20-14(13(10)8(2)17)15-12(18)6-19-3/h9H,4-6H2,1-3H3,(H,15,18). The van der Waals surface area contributed by atoms with Crippen LogP contribution in [0.15, 0.2) is 0 Å². The summed E-state index contributed by atoms with van der Waals surface area (Å²) in [5.74, 6) is -0.247. The molecule has 1 amide bonds. The number of carbonyl (C=O) groups is 3. The minimum atomic E-state index is -0.280. The van der Waals surface area contributed by atoms with Crippen molar-refractivity contribution in [2.45, 2.75) is 26.7 Å². The lowest BCUT2D eigenvalue weighted by molar-refractivity contribution is -0.120. The first-order chi connectivity index (χ1) is 9.43. The fourth-order valence-electron chi connectivity index (χ4n) is 2.48. The van der Waals surface area contributed by atoms with Gasteiger partial charge >= 0.3 is 0 Å². The van der Waals surface area contributed by atoms with Crippen LogP contribution in [0, 0.1) is 5.92 Å². The predicted octanol–water partition coefficient (Wildman–Crippen LogP) is 1.84. The molecule has 1 atom stereocenters. The number of Topliss-reactive ketones (excluding diaryl/α,β-unsaturated/α-hetero) is 2. The molecule has 1 N–H and O–H groups in total. The Kier molecular flexibility index (Phi) is 4.35. The summed E-state index contributed by atoms with van der Waals surface area (Å²) < 4.78 is 4.77. The zero-order chi connectivity index (χ0) is 14.9. The van der Waals surface area contributed by atoms with Crippen molar-refractivity contribution in [3.05, 3.63) is 16.0 Å². The van der Waals surface area contributed by atoms with Gasteiger partial charge in [0.1, 0.15) is 17.4 Å². The van der Waals surface area contributed by atoms with Crippen molar-refractivity contribution in [3.63, 3.8) is 0 Å². The highest BCUT2D eigenvalue weighted by molar-refractivity contribution is 7.17. The monoisotopic (exact) mass is 295 g/mol. The Morgan fingerprint density at radius 3 is 2.55 bits per heavy atom. The molecular weight excluding hydrogens is 278 g/mol. The van der Waals surface area contributed by atoms with E-state index in [1.54, 1.807) is 6.92 Å². The summed E-state index contributed by atoms with van der Waals surface area (Å²) in [7, 11) is 1.44. The average molecular weight is 295 g/mol. The third-order valence-electron chi connectivity index (χ3n) is 3.43. The number of hydrogen-bond donors (Lipinski definition) is 1. The summed E-state index contributed by atoms with van der Waals surface area (Å²) in [4.78, 5) is 35.9. The number of ether oxygens (including phenoxy) is 1. The summed E-state index contributed by atoms with van der Waals surface area (Å²) in [5, 5.41) is 3.29. The molecule has 5 nitrogen and oxygen atoms in total. The van der Waals surface area contributed by atoms with Crippen molar-refractivity contribution in [2.24, 2.45) is 5.92 Å². The van der Waals surface area contributed by atoms with Crippen molar-refractivity contribution in [1.82, 2.24) is 0 Å². The molecule has 1 unspecified atom stereocenters. The lowest BCUT2D eigenvalue weighted by atomic mass is 10.0. The lowest BCUT2D eigenvalue weighted by Gasteiger charge is -2.07. The first-order valence-corrected chi connectivity index (χ1v) is 7.20. The SMILES string of the molecule is COCC(=O)Nc1sc2c(c1C(C)=O)CC(C(C)=O)C2. The molecule has 2 rings (SSSR count). The van der Waals surface area contributed by atoms with Gasteiger partial charge in [-0.2, -0.15) is 0 Å². The first-order valence-electron chi connectivity index (χ1n) is 6.38. The van der Waals surface area contributed by atoms with Gasteiger partial charge in [-0.05, 0) is 32.3 Å². The van der Waals surface area contributed by atoms with Gasteiger partial charge in [-0.25, -0.2) is 0 Å². The van der Waals surface area contributed by atoms with Crippen LogP contribution < -0.4 is 5.32 Å². The third kappa shape index (κ3) is 2.81. The smallest absolute Gasteiger partial charge is 0.250 e. The molecule has 1 aromatic rings. The van der Waals surface area contributed by atoms with Gasteiger partial charge in [0.2, 0.25) is 0 Å². The Morgan fingerprint density at radius 2 is 2.00 bits per heavy atom. The van der Waals surface area contributed by atoms with E-state index < -0.39 is 0 Å². The summed E-state index contributed by atoms with van der Waals surface area (Å²) in [6, 6.07) is 0. The number of rotatable bonds is 5. The number of thiophene rings is 1. The number of hydrogen-bond acceptors (Lipinski definition) is 5. The molecule has 20 heavy (non-hydrogen) atoms. The van der Waals surface area contributed by atoms with Gasteiger partial charge < -0.3 is 10.1 Å². The topological polar surface area (TPSA) is 72.5 Å². The van der Waals surface area contributed by atoms with Gasteiger partial charge in [0.15, 0.2) is 5.78 Å². The molecule has 1 heterocycles. The van der Waals surface area contributed by atoms with Gasteiger partial charge in [0, 0.05) is 17.9 Å². The first kappa shape index (κ1) is 14.9. The highest BCUT2D eigenvalue weighted by atomic mass is 32.1. The maximum Gasteiger partial charge on any atom is 0.250 e. The molecule has 1 aliphatic rings. The Labute approximate surface area is 121 Å². The van der Waals surface area contributed by atoms with Crippen LogP contribution in [-0.2, 0) is 27.2 Å². The molecule has 1 aromatic heterocycles. The Hall–Kier alpha value is -1.53. The fourth-order valence-corrected chi connectivity index (χ4v) is 3.85. The van der Waals surface area contributed by atoms with Gasteiger partial charge in [0.25, 0.3) is 5.91 Å². The van der Waals surface area contributed by atoms with E-state index >= 15 is 0 Å². The molecule has 1 aliphatic carbocycles. The third-order valence-corrected chi connectivity index (χ3v) is 4.60. The van der Waals surface area contributed by atoms with Crippen LogP contribution in [0.5, 0.6) is 0 Å². The van der Waals surface area contributed by atoms with Crippen LogP contribution in [0.1, 0.15) is 34.6 Å². The van der Waals surface area contributed by atoms with Gasteiger partial charge in [0.05, 0.1) is 5.56 Å². The van der Waals surface area contributed by atoms with Gasteiger partial charge in [-0.1, -0.05) is 0 Å². The summed E-state index contributed by atoms with van der Waals surface area (Å²) in [5.41, 5.74) is 1.48. The number of nitrogens with one attached hydrogen (secondary N) is 1. The zero-order valence-corrected chi connectivity index (χ0v) is 12.6. The Balaban J connectivity index is 2.29. The molecule has 0 spiro atoms. The molecule has 0 aromatic carbocycles. The summed E-state index contributed by atoms with van der Waals surface area (Å²) in [6.45, 7) is 3.02. The molecule has 0 radical (unpaired) electrons. The molecule has 0 bridgehead atoms. The van der Waals surface area contributed by atoms with Crippen LogP contribution in [-0.4, -0.2) is 31.2 Å². The van der Waals surface area contributed by atoms with Crippen molar-refractivity contribution in [3.8, 4) is 0 Å². The summed E-state index contributed by atoms with van der Waals surface area (Å²) in [6.07, 6.45) is 1.26. The molecule has 108 valence electrons. The zero-order valence-electron chi connectivity index (χ0n) is 11.7. The van der Waals surface area contributed by atoms with Crippen molar-refractivity contribution in [1.29, 1.82) is 0 Å². The van der Waals surface area contributed by atoms with E-state index in [4.69, 9.17) is 4.74 Å². The average Bonchev–Trinajstić information content (AvgIpc) is 2.85. The summed E-state index contributed by atoms with van der Waals surface area (Å²) >= 11 is 1.39. The van der Waals surface area contributed by atoms with Crippen molar-refractivity contribution >= 4 is 33.8 Å². The van der Waals surface area contributed by atoms with Crippen LogP contribution >= 0.6 is 11.3 Å². The van der Waals surface area contributed by atoms with Crippen molar-refractivity contribution in [2.75, 3.05) is 19.0 Å². The quantitative estimate of drug-likeness (QED) is 0.841. The maximum atomic E-state index is 11.8. The van der Waals surface area contributed by atoms with E-state index in [0.29, 0.717) is 23.4 Å². The van der Waals surface area contributed by atoms with E-state index in [1.165, 1.54) is 25.4 Å². The van der Waals surface area contributed by atoms with Gasteiger partial charge in [-0.3, -0.25) is 14.4 Å². The maximum absolute atomic E-state index is 11.8. The largest absolute Gasteiger partial charge is 0.375 e. The normalized spacial score (nSPS) is 16.9. The van der Waals surface area contributed by atoms with Crippen LogP contribution in [0.25, 0.3) is 0 Å². The molecule has 0 fully saturated rings. The van der Waals surface area contributed by atoms with Crippen LogP contribution in [0.4, 0.5) is 5.00 Å². The minimum Gasteiger partial charge on any atom is -0.375 e. The fraction of sp³-hybridized carbons (Fsp3) is 0.500. The van der Waals surface area contributed by atoms with E-state index in [2.05, 4.69) is 5.32 Å². The van der Waals surface area contributed by atoms with Crippen LogP contribution in [0.2, 0.25) is 0 Å². The molecule has 6 heteroatoms. The number of amides is 1. The predicted molar refractivity (Wildman–Crippen MR) is 76.4 cm³/mol. The number of methoxy groups -OCH3 is 1. The van der Waals surface area contributed by atoms with Crippen molar-refractivity contribution < 1.29 is 19.1 Å². The molecule has 0 aliphatic heterocycles. The second kappa shape index (κ2) is 5.85. The number of ketones is 2. The van der Waals surface area contributed by atoms with E-state index in [1.807, 2.05) is 0 Å². The number of anilines is 1. The molecule has 0 saturated heterocycles.